The first kappa shape index (κ1) is 20.5. The molecule has 0 aliphatic heterocycles. The smallest absolute Gasteiger partial charge is 0.266 e. The molecule has 156 valence electrons. The Morgan fingerprint density at radius 2 is 1.83 bits per heavy atom. The molecule has 1 aliphatic rings. The van der Waals surface area contributed by atoms with Crippen LogP contribution in [0.1, 0.15) is 43.0 Å². The van der Waals surface area contributed by atoms with E-state index < -0.39 is 0 Å². The van der Waals surface area contributed by atoms with Crippen molar-refractivity contribution < 1.29 is 4.79 Å². The third-order valence-electron chi connectivity index (χ3n) is 5.92. The van der Waals surface area contributed by atoms with E-state index in [-0.39, 0.29) is 23.1 Å². The number of anilines is 2. The van der Waals surface area contributed by atoms with Crippen LogP contribution in [-0.4, -0.2) is 23.1 Å². The summed E-state index contributed by atoms with van der Waals surface area (Å²) in [4.78, 5) is 28.8. The number of pyridine rings is 1. The standard InChI is InChI=1S/C24H26ClN3O2/c1-3-28(17-12-5-4-6-13-17)24(30)21-22(26-16-10-7-8-11-16)20-18(25)14-9-15-19(20)27(2)23(21)29/h4-6,9,12-16,26H,3,7-8,10-11H2,1-2H3. The zero-order valence-electron chi connectivity index (χ0n) is 17.3. The largest absolute Gasteiger partial charge is 0.381 e. The lowest BCUT2D eigenvalue weighted by molar-refractivity contribution is 0.0987. The molecule has 30 heavy (non-hydrogen) atoms. The third-order valence-corrected chi connectivity index (χ3v) is 6.23. The van der Waals surface area contributed by atoms with Crippen LogP contribution in [0.5, 0.6) is 0 Å². The van der Waals surface area contributed by atoms with E-state index >= 15 is 0 Å². The average molecular weight is 424 g/mol. The maximum absolute atomic E-state index is 13.7. The van der Waals surface area contributed by atoms with Gasteiger partial charge in [-0.3, -0.25) is 9.59 Å². The van der Waals surface area contributed by atoms with Gasteiger partial charge in [0.05, 0.1) is 16.2 Å². The zero-order valence-corrected chi connectivity index (χ0v) is 18.1. The van der Waals surface area contributed by atoms with Gasteiger partial charge in [0.1, 0.15) is 5.56 Å². The van der Waals surface area contributed by atoms with E-state index in [4.69, 9.17) is 11.6 Å². The van der Waals surface area contributed by atoms with Crippen molar-refractivity contribution in [1.82, 2.24) is 4.57 Å². The van der Waals surface area contributed by atoms with Crippen molar-refractivity contribution in [1.29, 1.82) is 0 Å². The van der Waals surface area contributed by atoms with E-state index in [1.807, 2.05) is 49.4 Å². The summed E-state index contributed by atoms with van der Waals surface area (Å²) < 4.78 is 1.52. The lowest BCUT2D eigenvalue weighted by Gasteiger charge is -2.25. The van der Waals surface area contributed by atoms with Crippen molar-refractivity contribution in [3.8, 4) is 0 Å². The molecule has 1 aromatic heterocycles. The molecule has 0 spiro atoms. The number of carbonyl (C=O) groups is 1. The van der Waals surface area contributed by atoms with Crippen LogP contribution in [0.25, 0.3) is 10.9 Å². The zero-order chi connectivity index (χ0) is 21.3. The van der Waals surface area contributed by atoms with Crippen LogP contribution < -0.4 is 15.8 Å². The molecule has 0 bridgehead atoms. The molecule has 1 aliphatic carbocycles. The van der Waals surface area contributed by atoms with Gasteiger partial charge in [0, 0.05) is 30.7 Å². The number of hydrogen-bond donors (Lipinski definition) is 1. The highest BCUT2D eigenvalue weighted by Crippen LogP contribution is 2.35. The molecule has 3 aromatic rings. The van der Waals surface area contributed by atoms with E-state index in [1.54, 1.807) is 18.0 Å². The van der Waals surface area contributed by atoms with Crippen molar-refractivity contribution in [3.05, 3.63) is 69.5 Å². The summed E-state index contributed by atoms with van der Waals surface area (Å²) in [6.45, 7) is 2.36. The topological polar surface area (TPSA) is 54.3 Å². The minimum absolute atomic E-state index is 0.149. The summed E-state index contributed by atoms with van der Waals surface area (Å²) in [5, 5.41) is 4.78. The molecular formula is C24H26ClN3O2. The SMILES string of the molecule is CCN(C(=O)c1c(NC2CCCC2)c2c(Cl)cccc2n(C)c1=O)c1ccccc1. The Morgan fingerprint density at radius 1 is 1.13 bits per heavy atom. The lowest BCUT2D eigenvalue weighted by atomic mass is 10.0. The first-order valence-corrected chi connectivity index (χ1v) is 10.9. The van der Waals surface area contributed by atoms with E-state index in [1.165, 1.54) is 4.57 Å². The number of rotatable bonds is 5. The molecule has 1 saturated carbocycles. The fourth-order valence-electron chi connectivity index (χ4n) is 4.35. The maximum Gasteiger partial charge on any atom is 0.266 e. The highest BCUT2D eigenvalue weighted by Gasteiger charge is 2.28. The predicted molar refractivity (Wildman–Crippen MR) is 124 cm³/mol. The molecule has 1 N–H and O–H groups in total. The van der Waals surface area contributed by atoms with Crippen LogP contribution in [0.4, 0.5) is 11.4 Å². The molecule has 1 amide bonds. The first-order chi connectivity index (χ1) is 14.5. The maximum atomic E-state index is 13.7. The Labute approximate surface area is 181 Å². The van der Waals surface area contributed by atoms with Crippen LogP contribution in [-0.2, 0) is 7.05 Å². The van der Waals surface area contributed by atoms with Crippen molar-refractivity contribution in [2.45, 2.75) is 38.6 Å². The number of nitrogens with one attached hydrogen (secondary N) is 1. The summed E-state index contributed by atoms with van der Waals surface area (Å²) in [7, 11) is 1.69. The van der Waals surface area contributed by atoms with E-state index in [9.17, 15) is 9.59 Å². The summed E-state index contributed by atoms with van der Waals surface area (Å²) in [6.07, 6.45) is 4.32. The second-order valence-electron chi connectivity index (χ2n) is 7.76. The van der Waals surface area contributed by atoms with Crippen LogP contribution in [0.3, 0.4) is 0 Å². The van der Waals surface area contributed by atoms with Gasteiger partial charge < -0.3 is 14.8 Å². The van der Waals surface area contributed by atoms with Crippen LogP contribution >= 0.6 is 11.6 Å². The number of fused-ring (bicyclic) bond motifs is 1. The number of aryl methyl sites for hydroxylation is 1. The monoisotopic (exact) mass is 423 g/mol. The van der Waals surface area contributed by atoms with Gasteiger partial charge in [-0.1, -0.05) is 48.7 Å². The summed E-state index contributed by atoms with van der Waals surface area (Å²) >= 11 is 6.60. The Morgan fingerprint density at radius 3 is 2.50 bits per heavy atom. The molecule has 0 atom stereocenters. The number of carbonyl (C=O) groups excluding carboxylic acids is 1. The van der Waals surface area contributed by atoms with Gasteiger partial charge in [-0.25, -0.2) is 0 Å². The summed E-state index contributed by atoms with van der Waals surface area (Å²) in [5.41, 5.74) is 1.87. The first-order valence-electron chi connectivity index (χ1n) is 10.5. The number of aromatic nitrogens is 1. The van der Waals surface area contributed by atoms with E-state index in [0.717, 1.165) is 36.8 Å². The number of amides is 1. The molecule has 0 saturated heterocycles. The second kappa shape index (κ2) is 8.52. The summed E-state index contributed by atoms with van der Waals surface area (Å²) in [5.74, 6) is -0.313. The predicted octanol–water partition coefficient (Wildman–Crippen LogP) is 5.21. The minimum atomic E-state index is -0.315. The molecule has 1 heterocycles. The molecule has 6 heteroatoms. The number of para-hydroxylation sites is 1. The van der Waals surface area contributed by atoms with Crippen molar-refractivity contribution in [3.63, 3.8) is 0 Å². The highest BCUT2D eigenvalue weighted by atomic mass is 35.5. The van der Waals surface area contributed by atoms with E-state index in [2.05, 4.69) is 5.32 Å². The Bertz CT molecular complexity index is 1130. The molecule has 5 nitrogen and oxygen atoms in total. The molecule has 0 unspecified atom stereocenters. The summed E-state index contributed by atoms with van der Waals surface area (Å²) in [6, 6.07) is 15.2. The molecule has 2 aromatic carbocycles. The van der Waals surface area contributed by atoms with Crippen molar-refractivity contribution in [2.24, 2.45) is 7.05 Å². The van der Waals surface area contributed by atoms with Gasteiger partial charge >= 0.3 is 0 Å². The third kappa shape index (κ3) is 3.58. The lowest BCUT2D eigenvalue weighted by Crippen LogP contribution is -2.38. The fourth-order valence-corrected chi connectivity index (χ4v) is 4.62. The Hall–Kier alpha value is -2.79. The number of nitrogens with zero attached hydrogens (tertiary/aromatic N) is 2. The van der Waals surface area contributed by atoms with Crippen molar-refractivity contribution >= 4 is 39.8 Å². The average Bonchev–Trinajstić information content (AvgIpc) is 3.26. The van der Waals surface area contributed by atoms with Gasteiger partial charge in [0.15, 0.2) is 0 Å². The second-order valence-corrected chi connectivity index (χ2v) is 8.17. The van der Waals surface area contributed by atoms with Crippen LogP contribution in [0.15, 0.2) is 53.3 Å². The van der Waals surface area contributed by atoms with Gasteiger partial charge in [-0.15, -0.1) is 0 Å². The number of halogens is 1. The minimum Gasteiger partial charge on any atom is -0.381 e. The molecule has 0 radical (unpaired) electrons. The molecule has 4 rings (SSSR count). The number of hydrogen-bond acceptors (Lipinski definition) is 3. The van der Waals surface area contributed by atoms with Crippen LogP contribution in [0, 0.1) is 0 Å². The van der Waals surface area contributed by atoms with Gasteiger partial charge in [0.2, 0.25) is 0 Å². The van der Waals surface area contributed by atoms with E-state index in [0.29, 0.717) is 22.8 Å². The van der Waals surface area contributed by atoms with Crippen LogP contribution in [0.2, 0.25) is 5.02 Å². The molecule has 1 fully saturated rings. The fraction of sp³-hybridized carbons (Fsp3) is 0.333. The Balaban J connectivity index is 1.95. The number of benzene rings is 2. The van der Waals surface area contributed by atoms with Gasteiger partial charge in [-0.05, 0) is 44.0 Å². The highest BCUT2D eigenvalue weighted by molar-refractivity contribution is 6.37. The quantitative estimate of drug-likeness (QED) is 0.612. The van der Waals surface area contributed by atoms with Gasteiger partial charge in [-0.2, -0.15) is 0 Å². The normalized spacial score (nSPS) is 14.2. The van der Waals surface area contributed by atoms with Gasteiger partial charge in [0.25, 0.3) is 11.5 Å². The molecular weight excluding hydrogens is 398 g/mol. The van der Waals surface area contributed by atoms with Crippen molar-refractivity contribution in [2.75, 3.05) is 16.8 Å². The Kier molecular flexibility index (Phi) is 5.82.